The molecular formula is C20H22F3N3O2. The molecule has 2 aromatic rings. The van der Waals surface area contributed by atoms with Gasteiger partial charge in [0.15, 0.2) is 0 Å². The number of halogens is 3. The molecule has 1 aromatic heterocycles. The van der Waals surface area contributed by atoms with E-state index in [-0.39, 0.29) is 24.1 Å². The molecule has 150 valence electrons. The van der Waals surface area contributed by atoms with Crippen molar-refractivity contribution in [3.8, 4) is 5.88 Å². The third-order valence-corrected chi connectivity index (χ3v) is 4.67. The van der Waals surface area contributed by atoms with Crippen LogP contribution in [-0.4, -0.2) is 23.2 Å². The zero-order valence-electron chi connectivity index (χ0n) is 15.4. The van der Waals surface area contributed by atoms with Crippen molar-refractivity contribution in [2.45, 2.75) is 50.9 Å². The van der Waals surface area contributed by atoms with Gasteiger partial charge in [0.25, 0.3) is 0 Å². The second kappa shape index (κ2) is 8.50. The smallest absolute Gasteiger partial charge is 0.417 e. The topological polar surface area (TPSA) is 63.2 Å². The van der Waals surface area contributed by atoms with Gasteiger partial charge in [-0.1, -0.05) is 17.7 Å². The van der Waals surface area contributed by atoms with Gasteiger partial charge in [0.05, 0.1) is 5.56 Å². The number of alkyl halides is 3. The maximum Gasteiger partial charge on any atom is 0.417 e. The van der Waals surface area contributed by atoms with Crippen LogP contribution in [0.1, 0.15) is 36.8 Å². The van der Waals surface area contributed by atoms with E-state index in [1.807, 2.05) is 31.2 Å². The normalized spacial score (nSPS) is 19.7. The van der Waals surface area contributed by atoms with E-state index in [1.54, 1.807) is 0 Å². The molecule has 1 heterocycles. The molecule has 2 amide bonds. The molecule has 0 saturated heterocycles. The number of carbonyl (C=O) groups excluding carboxylic acids is 1. The van der Waals surface area contributed by atoms with Crippen LogP contribution in [0, 0.1) is 6.92 Å². The summed E-state index contributed by atoms with van der Waals surface area (Å²) >= 11 is 0. The Morgan fingerprint density at radius 2 is 1.75 bits per heavy atom. The number of aryl methyl sites for hydroxylation is 1. The fourth-order valence-corrected chi connectivity index (χ4v) is 3.10. The molecule has 0 atom stereocenters. The highest BCUT2D eigenvalue weighted by Crippen LogP contribution is 2.30. The van der Waals surface area contributed by atoms with Crippen LogP contribution in [0.15, 0.2) is 42.6 Å². The van der Waals surface area contributed by atoms with Crippen LogP contribution < -0.4 is 15.4 Å². The van der Waals surface area contributed by atoms with Crippen LogP contribution in [0.4, 0.5) is 23.7 Å². The first-order valence-corrected chi connectivity index (χ1v) is 9.14. The van der Waals surface area contributed by atoms with Gasteiger partial charge in [-0.05, 0) is 50.8 Å². The average Bonchev–Trinajstić information content (AvgIpc) is 2.65. The minimum atomic E-state index is -4.41. The van der Waals surface area contributed by atoms with Crippen LogP contribution in [0.2, 0.25) is 0 Å². The first-order valence-electron chi connectivity index (χ1n) is 9.14. The average molecular weight is 393 g/mol. The van der Waals surface area contributed by atoms with Crippen LogP contribution in [0.3, 0.4) is 0 Å². The molecule has 0 bridgehead atoms. The molecule has 3 rings (SSSR count). The molecule has 8 heteroatoms. The van der Waals surface area contributed by atoms with Gasteiger partial charge in [-0.3, -0.25) is 0 Å². The lowest BCUT2D eigenvalue weighted by molar-refractivity contribution is -0.137. The molecule has 1 aromatic carbocycles. The van der Waals surface area contributed by atoms with Crippen LogP contribution in [0.5, 0.6) is 5.88 Å². The van der Waals surface area contributed by atoms with E-state index >= 15 is 0 Å². The molecule has 0 radical (unpaired) electrons. The van der Waals surface area contributed by atoms with Gasteiger partial charge < -0.3 is 15.4 Å². The second-order valence-electron chi connectivity index (χ2n) is 6.94. The van der Waals surface area contributed by atoms with Crippen molar-refractivity contribution in [1.29, 1.82) is 0 Å². The van der Waals surface area contributed by atoms with E-state index < -0.39 is 11.7 Å². The lowest BCUT2D eigenvalue weighted by atomic mass is 9.93. The largest absolute Gasteiger partial charge is 0.474 e. The molecular weight excluding hydrogens is 371 g/mol. The fourth-order valence-electron chi connectivity index (χ4n) is 3.10. The number of rotatable bonds is 4. The predicted octanol–water partition coefficient (Wildman–Crippen LogP) is 4.92. The van der Waals surface area contributed by atoms with Gasteiger partial charge in [0.2, 0.25) is 5.88 Å². The summed E-state index contributed by atoms with van der Waals surface area (Å²) in [5, 5.41) is 5.75. The van der Waals surface area contributed by atoms with Crippen molar-refractivity contribution in [2.24, 2.45) is 0 Å². The predicted molar refractivity (Wildman–Crippen MR) is 99.2 cm³/mol. The molecule has 0 spiro atoms. The molecule has 28 heavy (non-hydrogen) atoms. The summed E-state index contributed by atoms with van der Waals surface area (Å²) in [5.41, 5.74) is 1.05. The van der Waals surface area contributed by atoms with Crippen LogP contribution in [0.25, 0.3) is 0 Å². The number of benzene rings is 1. The Morgan fingerprint density at radius 3 is 2.32 bits per heavy atom. The lowest BCUT2D eigenvalue weighted by Crippen LogP contribution is -2.41. The molecule has 1 aliphatic carbocycles. The SMILES string of the molecule is Cc1ccc(NC(=O)NC2CCC(Oc3ccc(C(F)(F)F)cn3)CC2)cc1. The van der Waals surface area contributed by atoms with E-state index in [9.17, 15) is 18.0 Å². The maximum absolute atomic E-state index is 12.6. The van der Waals surface area contributed by atoms with Crippen molar-refractivity contribution >= 4 is 11.7 Å². The summed E-state index contributed by atoms with van der Waals surface area (Å²) in [5.74, 6) is 0.182. The number of amides is 2. The standard InChI is InChI=1S/C20H22F3N3O2/c1-13-2-5-15(6-3-13)25-19(27)26-16-7-9-17(10-8-16)28-18-11-4-14(12-24-18)20(21,22)23/h2-6,11-12,16-17H,7-10H2,1H3,(H2,25,26,27). The lowest BCUT2D eigenvalue weighted by Gasteiger charge is -2.29. The highest BCUT2D eigenvalue weighted by molar-refractivity contribution is 5.89. The van der Waals surface area contributed by atoms with E-state index in [1.165, 1.54) is 6.07 Å². The summed E-state index contributed by atoms with van der Waals surface area (Å²) in [6.07, 6.45) is -0.912. The Kier molecular flexibility index (Phi) is 6.06. The first kappa shape index (κ1) is 20.0. The molecule has 1 fully saturated rings. The highest BCUT2D eigenvalue weighted by atomic mass is 19.4. The number of anilines is 1. The van der Waals surface area contributed by atoms with Gasteiger partial charge in [-0.25, -0.2) is 9.78 Å². The van der Waals surface area contributed by atoms with Gasteiger partial charge in [0.1, 0.15) is 6.10 Å². The summed E-state index contributed by atoms with van der Waals surface area (Å²) in [7, 11) is 0. The minimum Gasteiger partial charge on any atom is -0.474 e. The summed E-state index contributed by atoms with van der Waals surface area (Å²) < 4.78 is 43.4. The van der Waals surface area contributed by atoms with Gasteiger partial charge >= 0.3 is 12.2 Å². The summed E-state index contributed by atoms with van der Waals surface area (Å²) in [4.78, 5) is 15.8. The number of nitrogens with one attached hydrogen (secondary N) is 2. The second-order valence-corrected chi connectivity index (χ2v) is 6.94. The monoisotopic (exact) mass is 393 g/mol. The molecule has 1 saturated carbocycles. The molecule has 5 nitrogen and oxygen atoms in total. The van der Waals surface area contributed by atoms with Gasteiger partial charge in [0, 0.05) is 24.0 Å². The molecule has 2 N–H and O–H groups in total. The van der Waals surface area contributed by atoms with Gasteiger partial charge in [-0.15, -0.1) is 0 Å². The summed E-state index contributed by atoms with van der Waals surface area (Å²) in [6, 6.07) is 9.52. The van der Waals surface area contributed by atoms with Crippen molar-refractivity contribution in [3.63, 3.8) is 0 Å². The Balaban J connectivity index is 1.43. The zero-order chi connectivity index (χ0) is 20.1. The number of hydrogen-bond donors (Lipinski definition) is 2. The highest BCUT2D eigenvalue weighted by Gasteiger charge is 2.31. The number of pyridine rings is 1. The van der Waals surface area contributed by atoms with Crippen molar-refractivity contribution < 1.29 is 22.7 Å². The third-order valence-electron chi connectivity index (χ3n) is 4.67. The Morgan fingerprint density at radius 1 is 1.07 bits per heavy atom. The summed E-state index contributed by atoms with van der Waals surface area (Å²) in [6.45, 7) is 1.98. The van der Waals surface area contributed by atoms with Gasteiger partial charge in [-0.2, -0.15) is 13.2 Å². The Labute approximate surface area is 161 Å². The van der Waals surface area contributed by atoms with E-state index in [4.69, 9.17) is 4.74 Å². The molecule has 1 aliphatic rings. The Bertz CT molecular complexity index is 784. The first-order chi connectivity index (χ1) is 13.3. The number of carbonyl (C=O) groups is 1. The number of hydrogen-bond acceptors (Lipinski definition) is 3. The number of urea groups is 1. The third kappa shape index (κ3) is 5.61. The van der Waals surface area contributed by atoms with E-state index in [2.05, 4.69) is 15.6 Å². The van der Waals surface area contributed by atoms with Crippen molar-refractivity contribution in [1.82, 2.24) is 10.3 Å². The van der Waals surface area contributed by atoms with E-state index in [0.29, 0.717) is 12.8 Å². The minimum absolute atomic E-state index is 0.0332. The molecule has 0 aliphatic heterocycles. The zero-order valence-corrected chi connectivity index (χ0v) is 15.4. The fraction of sp³-hybridized carbons (Fsp3) is 0.400. The maximum atomic E-state index is 12.6. The quantitative estimate of drug-likeness (QED) is 0.775. The van der Waals surface area contributed by atoms with Crippen LogP contribution >= 0.6 is 0 Å². The molecule has 0 unspecified atom stereocenters. The number of aromatic nitrogens is 1. The Hall–Kier alpha value is -2.77. The number of ether oxygens (including phenoxy) is 1. The van der Waals surface area contributed by atoms with E-state index in [0.717, 1.165) is 36.4 Å². The number of nitrogens with zero attached hydrogens (tertiary/aromatic N) is 1. The van der Waals surface area contributed by atoms with Crippen LogP contribution in [-0.2, 0) is 6.18 Å². The van der Waals surface area contributed by atoms with Crippen molar-refractivity contribution in [3.05, 3.63) is 53.7 Å². The van der Waals surface area contributed by atoms with Crippen molar-refractivity contribution in [2.75, 3.05) is 5.32 Å².